The highest BCUT2D eigenvalue weighted by Crippen LogP contribution is 2.17. The van der Waals surface area contributed by atoms with E-state index in [2.05, 4.69) is 5.32 Å². The zero-order valence-corrected chi connectivity index (χ0v) is 12.2. The van der Waals surface area contributed by atoms with Gasteiger partial charge >= 0.3 is 11.9 Å². The van der Waals surface area contributed by atoms with Crippen LogP contribution < -0.4 is 5.32 Å². The van der Waals surface area contributed by atoms with Gasteiger partial charge in [-0.25, -0.2) is 4.79 Å². The van der Waals surface area contributed by atoms with Crippen molar-refractivity contribution in [2.24, 2.45) is 0 Å². The van der Waals surface area contributed by atoms with Gasteiger partial charge in [0.1, 0.15) is 6.10 Å². The predicted molar refractivity (Wildman–Crippen MR) is 76.8 cm³/mol. The fraction of sp³-hybridized carbons (Fsp3) is 0.400. The summed E-state index contributed by atoms with van der Waals surface area (Å²) in [7, 11) is 0. The van der Waals surface area contributed by atoms with E-state index in [1.807, 2.05) is 0 Å². The molecule has 0 heterocycles. The Morgan fingerprint density at radius 3 is 2.36 bits per heavy atom. The van der Waals surface area contributed by atoms with E-state index >= 15 is 0 Å². The van der Waals surface area contributed by atoms with E-state index in [0.29, 0.717) is 5.56 Å². The Morgan fingerprint density at radius 1 is 1.18 bits per heavy atom. The third-order valence-electron chi connectivity index (χ3n) is 2.88. The summed E-state index contributed by atoms with van der Waals surface area (Å²) in [5.74, 6) is -2.54. The number of aliphatic hydroxyl groups excluding tert-OH is 1. The third kappa shape index (κ3) is 5.53. The molecule has 7 nitrogen and oxygen atoms in total. The summed E-state index contributed by atoms with van der Waals surface area (Å²) >= 11 is 0. The molecule has 7 heteroatoms. The molecule has 0 saturated heterocycles. The van der Waals surface area contributed by atoms with Crippen LogP contribution in [-0.4, -0.2) is 40.7 Å². The topological polar surface area (TPSA) is 113 Å². The number of amides is 1. The normalized spacial score (nSPS) is 13.0. The van der Waals surface area contributed by atoms with E-state index in [-0.39, 0.29) is 19.4 Å². The van der Waals surface area contributed by atoms with E-state index in [0.717, 1.165) is 0 Å². The third-order valence-corrected chi connectivity index (χ3v) is 2.88. The maximum Gasteiger partial charge on any atom is 0.331 e. The molecule has 0 unspecified atom stereocenters. The molecule has 0 radical (unpaired) electrons. The minimum Gasteiger partial charge on any atom is -0.481 e. The summed E-state index contributed by atoms with van der Waals surface area (Å²) in [6, 6.07) is 7.06. The van der Waals surface area contributed by atoms with Crippen LogP contribution in [0.3, 0.4) is 0 Å². The van der Waals surface area contributed by atoms with Gasteiger partial charge in [-0.15, -0.1) is 0 Å². The first kappa shape index (κ1) is 17.6. The molecule has 0 fully saturated rings. The van der Waals surface area contributed by atoms with Gasteiger partial charge in [0.2, 0.25) is 5.91 Å². The first-order valence-corrected chi connectivity index (χ1v) is 6.86. The molecule has 1 rings (SSSR count). The number of aliphatic carboxylic acids is 1. The first-order chi connectivity index (χ1) is 10.5. The van der Waals surface area contributed by atoms with Crippen molar-refractivity contribution in [3.63, 3.8) is 0 Å². The average Bonchev–Trinajstić information content (AvgIpc) is 2.51. The lowest BCUT2D eigenvalue weighted by atomic mass is 10.0. The Balaban J connectivity index is 2.82. The molecular formula is C15H19NO6. The van der Waals surface area contributed by atoms with Gasteiger partial charge in [-0.2, -0.15) is 0 Å². The number of carbonyl (C=O) groups excluding carboxylic acids is 2. The van der Waals surface area contributed by atoms with Crippen molar-refractivity contribution >= 4 is 17.8 Å². The lowest BCUT2D eigenvalue weighted by Crippen LogP contribution is -2.46. The number of benzene rings is 1. The first-order valence-electron chi connectivity index (χ1n) is 6.86. The summed E-state index contributed by atoms with van der Waals surface area (Å²) in [5.41, 5.74) is 0.444. The van der Waals surface area contributed by atoms with Crippen molar-refractivity contribution in [2.45, 2.75) is 31.9 Å². The van der Waals surface area contributed by atoms with Gasteiger partial charge < -0.3 is 20.3 Å². The summed E-state index contributed by atoms with van der Waals surface area (Å²) in [5, 5.41) is 21.2. The molecule has 1 aromatic rings. The number of ether oxygens (including phenoxy) is 1. The molecule has 0 saturated carbocycles. The van der Waals surface area contributed by atoms with Gasteiger partial charge in [-0.3, -0.25) is 9.59 Å². The number of aliphatic hydroxyl groups is 1. The number of hydrogen-bond donors (Lipinski definition) is 3. The molecule has 22 heavy (non-hydrogen) atoms. The van der Waals surface area contributed by atoms with Gasteiger partial charge in [0.15, 0.2) is 6.04 Å². The van der Waals surface area contributed by atoms with E-state index in [9.17, 15) is 19.5 Å². The SMILES string of the molecule is CCOC(=O)[C@@H](NC(=O)CCC(=O)O)[C@@H](O)c1ccccc1. The fourth-order valence-corrected chi connectivity index (χ4v) is 1.81. The van der Waals surface area contributed by atoms with E-state index < -0.39 is 30.0 Å². The molecule has 0 bridgehead atoms. The highest BCUT2D eigenvalue weighted by atomic mass is 16.5. The standard InChI is InChI=1S/C15H19NO6/c1-2-22-15(21)13(16-11(17)8-9-12(18)19)14(20)10-6-4-3-5-7-10/h3-7,13-14,20H,2,8-9H2,1H3,(H,16,17)(H,18,19)/t13-,14-/m0/s1. The zero-order chi connectivity index (χ0) is 16.5. The monoisotopic (exact) mass is 309 g/mol. The molecule has 0 aromatic heterocycles. The Bertz CT molecular complexity index is 516. The Morgan fingerprint density at radius 2 is 1.82 bits per heavy atom. The van der Waals surface area contributed by atoms with E-state index in [4.69, 9.17) is 9.84 Å². The molecule has 120 valence electrons. The van der Waals surface area contributed by atoms with Crippen molar-refractivity contribution < 1.29 is 29.3 Å². The smallest absolute Gasteiger partial charge is 0.331 e. The molecule has 0 aliphatic rings. The Hall–Kier alpha value is -2.41. The molecule has 2 atom stereocenters. The lowest BCUT2D eigenvalue weighted by molar-refractivity contribution is -0.151. The van der Waals surface area contributed by atoms with Crippen LogP contribution in [0.2, 0.25) is 0 Å². The van der Waals surface area contributed by atoms with E-state index in [1.165, 1.54) is 0 Å². The largest absolute Gasteiger partial charge is 0.481 e. The predicted octanol–water partition coefficient (Wildman–Crippen LogP) is 0.633. The number of carboxylic acids is 1. The number of carboxylic acid groups (broad SMARTS) is 1. The zero-order valence-electron chi connectivity index (χ0n) is 12.2. The molecular weight excluding hydrogens is 290 g/mol. The van der Waals surface area contributed by atoms with Crippen molar-refractivity contribution in [3.8, 4) is 0 Å². The van der Waals surface area contributed by atoms with Gasteiger partial charge in [-0.1, -0.05) is 30.3 Å². The summed E-state index contributed by atoms with van der Waals surface area (Å²) in [6.45, 7) is 1.71. The molecule has 3 N–H and O–H groups in total. The number of hydrogen-bond acceptors (Lipinski definition) is 5. The van der Waals surface area contributed by atoms with Crippen LogP contribution in [0.1, 0.15) is 31.4 Å². The highest BCUT2D eigenvalue weighted by molar-refractivity contribution is 5.86. The fourth-order valence-electron chi connectivity index (χ4n) is 1.81. The maximum atomic E-state index is 11.9. The number of esters is 1. The quantitative estimate of drug-likeness (QED) is 0.607. The number of rotatable bonds is 8. The summed E-state index contributed by atoms with van der Waals surface area (Å²) in [6.07, 6.45) is -1.93. The molecule has 0 spiro atoms. The summed E-state index contributed by atoms with van der Waals surface area (Å²) in [4.78, 5) is 34.1. The number of carbonyl (C=O) groups is 3. The van der Waals surface area contributed by atoms with Crippen molar-refractivity contribution in [1.29, 1.82) is 0 Å². The van der Waals surface area contributed by atoms with Crippen LogP contribution in [0.25, 0.3) is 0 Å². The minimum atomic E-state index is -1.29. The second kappa shape index (κ2) is 8.78. The highest BCUT2D eigenvalue weighted by Gasteiger charge is 2.30. The molecule has 0 aliphatic carbocycles. The Labute approximate surface area is 127 Å². The van der Waals surface area contributed by atoms with Crippen molar-refractivity contribution in [2.75, 3.05) is 6.61 Å². The second-order valence-corrected chi connectivity index (χ2v) is 4.55. The van der Waals surface area contributed by atoms with E-state index in [1.54, 1.807) is 37.3 Å². The Kier molecular flexibility index (Phi) is 7.04. The van der Waals surface area contributed by atoms with Crippen LogP contribution in [0.15, 0.2) is 30.3 Å². The van der Waals surface area contributed by atoms with Gasteiger partial charge in [0, 0.05) is 6.42 Å². The van der Waals surface area contributed by atoms with Gasteiger partial charge in [-0.05, 0) is 12.5 Å². The van der Waals surface area contributed by atoms with Crippen LogP contribution >= 0.6 is 0 Å². The van der Waals surface area contributed by atoms with Crippen LogP contribution in [0.5, 0.6) is 0 Å². The average molecular weight is 309 g/mol. The maximum absolute atomic E-state index is 11.9. The molecule has 0 aliphatic heterocycles. The second-order valence-electron chi connectivity index (χ2n) is 4.55. The number of nitrogens with one attached hydrogen (secondary N) is 1. The minimum absolute atomic E-state index is 0.0990. The van der Waals surface area contributed by atoms with Crippen LogP contribution in [0.4, 0.5) is 0 Å². The molecule has 1 amide bonds. The van der Waals surface area contributed by atoms with Crippen LogP contribution in [-0.2, 0) is 19.1 Å². The van der Waals surface area contributed by atoms with Crippen molar-refractivity contribution in [3.05, 3.63) is 35.9 Å². The van der Waals surface area contributed by atoms with Crippen LogP contribution in [0, 0.1) is 0 Å². The van der Waals surface area contributed by atoms with Gasteiger partial charge in [0.25, 0.3) is 0 Å². The van der Waals surface area contributed by atoms with Gasteiger partial charge in [0.05, 0.1) is 13.0 Å². The molecule has 1 aromatic carbocycles. The van der Waals surface area contributed by atoms with Crippen molar-refractivity contribution in [1.82, 2.24) is 5.32 Å². The lowest BCUT2D eigenvalue weighted by Gasteiger charge is -2.22. The summed E-state index contributed by atoms with van der Waals surface area (Å²) < 4.78 is 4.84.